The van der Waals surface area contributed by atoms with Crippen LogP contribution in [0.2, 0.25) is 0 Å². The highest BCUT2D eigenvalue weighted by Gasteiger charge is 2.17. The summed E-state index contributed by atoms with van der Waals surface area (Å²) in [5.41, 5.74) is 5.64. The monoisotopic (exact) mass is 392 g/mol. The fourth-order valence-corrected chi connectivity index (χ4v) is 3.47. The van der Waals surface area contributed by atoms with Crippen molar-refractivity contribution < 1.29 is 19.1 Å². The summed E-state index contributed by atoms with van der Waals surface area (Å²) >= 11 is 0. The van der Waals surface area contributed by atoms with Gasteiger partial charge in [0.15, 0.2) is 0 Å². The molecule has 29 heavy (non-hydrogen) atoms. The molecule has 2 aromatic rings. The van der Waals surface area contributed by atoms with Gasteiger partial charge in [-0.2, -0.15) is 0 Å². The van der Waals surface area contributed by atoms with Gasteiger partial charge in [0.1, 0.15) is 11.5 Å². The molecule has 2 aromatic carbocycles. The molecule has 0 fully saturated rings. The zero-order valence-electron chi connectivity index (χ0n) is 17.6. The summed E-state index contributed by atoms with van der Waals surface area (Å²) < 4.78 is 11.0. The van der Waals surface area contributed by atoms with Gasteiger partial charge >= 0.3 is 11.9 Å². The molecule has 0 bridgehead atoms. The molecule has 0 heterocycles. The summed E-state index contributed by atoms with van der Waals surface area (Å²) in [5.74, 6) is 0.349. The number of allylic oxidation sites excluding steroid dienone is 2. The van der Waals surface area contributed by atoms with Crippen molar-refractivity contribution in [2.24, 2.45) is 0 Å². The first-order valence-electron chi connectivity index (χ1n) is 9.58. The molecule has 0 saturated carbocycles. The molecule has 2 rings (SSSR count). The third-order valence-corrected chi connectivity index (χ3v) is 4.46. The predicted octanol–water partition coefficient (Wildman–Crippen LogP) is 5.20. The van der Waals surface area contributed by atoms with Gasteiger partial charge in [0.2, 0.25) is 0 Å². The van der Waals surface area contributed by atoms with E-state index in [1.165, 1.54) is 13.8 Å². The van der Waals surface area contributed by atoms with Gasteiger partial charge < -0.3 is 9.47 Å². The Kier molecular flexibility index (Phi) is 7.54. The molecule has 152 valence electrons. The minimum absolute atomic E-state index is 0.373. The lowest BCUT2D eigenvalue weighted by Gasteiger charge is -2.18. The number of rotatable bonds is 8. The lowest BCUT2D eigenvalue weighted by molar-refractivity contribution is -0.132. The Morgan fingerprint density at radius 2 is 1.17 bits per heavy atom. The van der Waals surface area contributed by atoms with Crippen LogP contribution < -0.4 is 9.47 Å². The predicted molar refractivity (Wildman–Crippen MR) is 116 cm³/mol. The third kappa shape index (κ3) is 5.92. The second-order valence-corrected chi connectivity index (χ2v) is 7.15. The minimum atomic E-state index is -0.373. The number of carbonyl (C=O) groups is 2. The van der Waals surface area contributed by atoms with E-state index in [2.05, 4.69) is 13.2 Å². The fraction of sp³-hybridized carbons (Fsp3) is 0.280. The highest BCUT2D eigenvalue weighted by molar-refractivity contribution is 5.72. The molecule has 4 nitrogen and oxygen atoms in total. The maximum atomic E-state index is 11.7. The van der Waals surface area contributed by atoms with Crippen LogP contribution in [0, 0.1) is 13.8 Å². The van der Waals surface area contributed by atoms with Crippen LogP contribution in [0.4, 0.5) is 0 Å². The average molecular weight is 392 g/mol. The Labute approximate surface area is 172 Å². The van der Waals surface area contributed by atoms with Crippen molar-refractivity contribution in [1.29, 1.82) is 0 Å². The van der Waals surface area contributed by atoms with Crippen molar-refractivity contribution in [3.8, 4) is 11.5 Å². The van der Waals surface area contributed by atoms with Crippen molar-refractivity contribution in [2.75, 3.05) is 0 Å². The molecule has 0 aliphatic carbocycles. The number of benzene rings is 2. The van der Waals surface area contributed by atoms with E-state index < -0.39 is 0 Å². The second kappa shape index (κ2) is 9.87. The fourth-order valence-electron chi connectivity index (χ4n) is 3.47. The molecule has 0 aliphatic rings. The van der Waals surface area contributed by atoms with Crippen LogP contribution in [0.15, 0.2) is 49.6 Å². The van der Waals surface area contributed by atoms with E-state index in [9.17, 15) is 9.59 Å². The maximum absolute atomic E-state index is 11.7. The van der Waals surface area contributed by atoms with Gasteiger partial charge in [-0.3, -0.25) is 9.59 Å². The van der Waals surface area contributed by atoms with E-state index in [1.54, 1.807) is 0 Å². The first-order valence-corrected chi connectivity index (χ1v) is 9.58. The maximum Gasteiger partial charge on any atom is 0.308 e. The van der Waals surface area contributed by atoms with E-state index in [1.807, 2.05) is 50.3 Å². The zero-order valence-corrected chi connectivity index (χ0v) is 17.6. The molecular formula is C25H28O4. The summed E-state index contributed by atoms with van der Waals surface area (Å²) in [7, 11) is 0. The number of aryl methyl sites for hydroxylation is 2. The molecule has 0 radical (unpaired) electrons. The molecule has 4 heteroatoms. The van der Waals surface area contributed by atoms with E-state index >= 15 is 0 Å². The van der Waals surface area contributed by atoms with Crippen molar-refractivity contribution in [2.45, 2.75) is 47.0 Å². The lowest BCUT2D eigenvalue weighted by atomic mass is 9.94. The Balaban J connectivity index is 2.63. The van der Waals surface area contributed by atoms with Crippen LogP contribution in [-0.2, 0) is 28.9 Å². The van der Waals surface area contributed by atoms with Crippen LogP contribution in [0.1, 0.15) is 47.2 Å². The average Bonchev–Trinajstić information content (AvgIpc) is 2.61. The molecule has 0 N–H and O–H groups in total. The summed E-state index contributed by atoms with van der Waals surface area (Å²) in [5, 5.41) is 0. The summed E-state index contributed by atoms with van der Waals surface area (Å²) in [6, 6.07) is 8.02. The van der Waals surface area contributed by atoms with Crippen LogP contribution in [0.5, 0.6) is 11.5 Å². The third-order valence-electron chi connectivity index (χ3n) is 4.46. The quantitative estimate of drug-likeness (QED) is 0.352. The van der Waals surface area contributed by atoms with Crippen LogP contribution in [0.25, 0.3) is 0 Å². The Morgan fingerprint density at radius 1 is 0.793 bits per heavy atom. The van der Waals surface area contributed by atoms with Crippen LogP contribution in [0.3, 0.4) is 0 Å². The van der Waals surface area contributed by atoms with Crippen LogP contribution >= 0.6 is 0 Å². The van der Waals surface area contributed by atoms with Crippen molar-refractivity contribution in [3.05, 3.63) is 83.0 Å². The van der Waals surface area contributed by atoms with Gasteiger partial charge in [-0.05, 0) is 60.1 Å². The van der Waals surface area contributed by atoms with E-state index in [0.717, 1.165) is 33.4 Å². The summed E-state index contributed by atoms with van der Waals surface area (Å²) in [6.07, 6.45) is 5.55. The smallest absolute Gasteiger partial charge is 0.308 e. The second-order valence-electron chi connectivity index (χ2n) is 7.15. The first-order chi connectivity index (χ1) is 13.7. The molecule has 0 saturated heterocycles. The largest absolute Gasteiger partial charge is 0.426 e. The summed E-state index contributed by atoms with van der Waals surface area (Å²) in [6.45, 7) is 14.2. The van der Waals surface area contributed by atoms with E-state index in [0.29, 0.717) is 30.8 Å². The van der Waals surface area contributed by atoms with Gasteiger partial charge in [0.25, 0.3) is 0 Å². The van der Waals surface area contributed by atoms with E-state index in [-0.39, 0.29) is 11.9 Å². The zero-order chi connectivity index (χ0) is 21.6. The van der Waals surface area contributed by atoms with Crippen molar-refractivity contribution in [3.63, 3.8) is 0 Å². The van der Waals surface area contributed by atoms with Gasteiger partial charge in [-0.1, -0.05) is 36.4 Å². The number of esters is 2. The molecule has 0 aliphatic heterocycles. The lowest BCUT2D eigenvalue weighted by Crippen LogP contribution is -2.09. The SMILES string of the molecule is C=CCc1cc(C)c(OC(C)=O)c(Cc2cc(CC=C)cc(C)c2OC(C)=O)c1. The van der Waals surface area contributed by atoms with E-state index in [4.69, 9.17) is 9.47 Å². The van der Waals surface area contributed by atoms with Gasteiger partial charge in [-0.15, -0.1) is 13.2 Å². The number of hydrogen-bond acceptors (Lipinski definition) is 4. The van der Waals surface area contributed by atoms with Crippen molar-refractivity contribution in [1.82, 2.24) is 0 Å². The molecule has 0 aromatic heterocycles. The standard InChI is InChI=1S/C25H28O4/c1-7-9-20-11-16(3)24(28-18(5)26)22(13-20)15-23-14-21(10-8-2)12-17(4)25(23)29-19(6)27/h7-8,11-14H,1-2,9-10,15H2,3-6H3. The van der Waals surface area contributed by atoms with Gasteiger partial charge in [0, 0.05) is 20.3 Å². The van der Waals surface area contributed by atoms with Crippen LogP contribution in [-0.4, -0.2) is 11.9 Å². The molecule has 0 amide bonds. The Bertz CT molecular complexity index is 876. The number of ether oxygens (including phenoxy) is 2. The first kappa shape index (κ1) is 22.2. The molecule has 0 atom stereocenters. The minimum Gasteiger partial charge on any atom is -0.426 e. The Hall–Kier alpha value is -3.14. The normalized spacial score (nSPS) is 10.3. The highest BCUT2D eigenvalue weighted by Crippen LogP contribution is 2.33. The molecule has 0 spiro atoms. The van der Waals surface area contributed by atoms with Gasteiger partial charge in [-0.25, -0.2) is 0 Å². The number of hydrogen-bond donors (Lipinski definition) is 0. The topological polar surface area (TPSA) is 52.6 Å². The van der Waals surface area contributed by atoms with Crippen molar-refractivity contribution >= 4 is 11.9 Å². The summed E-state index contributed by atoms with van der Waals surface area (Å²) in [4.78, 5) is 23.3. The number of carbonyl (C=O) groups excluding carboxylic acids is 2. The van der Waals surface area contributed by atoms with Gasteiger partial charge in [0.05, 0.1) is 0 Å². The molecular weight excluding hydrogens is 364 g/mol. The Morgan fingerprint density at radius 3 is 1.48 bits per heavy atom. The highest BCUT2D eigenvalue weighted by atomic mass is 16.5. The molecule has 0 unspecified atom stereocenters.